The number of carbonyl (C=O) groups excluding carboxylic acids is 1. The molecular formula is C21H23BrN4O5S. The number of nitro groups is 1. The molecule has 32 heavy (non-hydrogen) atoms. The normalized spacial score (nSPS) is 13.5. The molecule has 0 unspecified atom stereocenters. The molecule has 0 bridgehead atoms. The van der Waals surface area contributed by atoms with Crippen LogP contribution in [0.5, 0.6) is 11.5 Å². The van der Waals surface area contributed by atoms with E-state index in [-0.39, 0.29) is 11.6 Å². The van der Waals surface area contributed by atoms with Crippen molar-refractivity contribution >= 4 is 50.5 Å². The summed E-state index contributed by atoms with van der Waals surface area (Å²) in [4.78, 5) is 27.5. The Hall–Kier alpha value is -2.92. The summed E-state index contributed by atoms with van der Waals surface area (Å²) < 4.78 is 11.2. The lowest BCUT2D eigenvalue weighted by Gasteiger charge is -2.37. The van der Waals surface area contributed by atoms with E-state index in [1.807, 2.05) is 16.7 Å². The van der Waals surface area contributed by atoms with E-state index in [1.165, 1.54) is 13.2 Å². The van der Waals surface area contributed by atoms with Crippen molar-refractivity contribution in [2.45, 2.75) is 6.92 Å². The fourth-order valence-electron chi connectivity index (χ4n) is 3.36. The van der Waals surface area contributed by atoms with Crippen molar-refractivity contribution in [3.63, 3.8) is 0 Å². The van der Waals surface area contributed by atoms with E-state index in [9.17, 15) is 14.9 Å². The van der Waals surface area contributed by atoms with Crippen LogP contribution < -0.4 is 19.7 Å². The van der Waals surface area contributed by atoms with Crippen LogP contribution in [-0.4, -0.2) is 60.7 Å². The van der Waals surface area contributed by atoms with Gasteiger partial charge in [0.1, 0.15) is 17.2 Å². The highest BCUT2D eigenvalue weighted by atomic mass is 79.9. The first kappa shape index (κ1) is 23.7. The van der Waals surface area contributed by atoms with Crippen LogP contribution in [0, 0.1) is 10.1 Å². The van der Waals surface area contributed by atoms with Gasteiger partial charge in [0.25, 0.3) is 11.6 Å². The molecule has 1 N–H and O–H groups in total. The number of hydrogen-bond acceptors (Lipinski definition) is 7. The van der Waals surface area contributed by atoms with Gasteiger partial charge in [-0.25, -0.2) is 0 Å². The number of anilines is 1. The first-order chi connectivity index (χ1) is 15.3. The van der Waals surface area contributed by atoms with Crippen molar-refractivity contribution in [3.8, 4) is 11.5 Å². The minimum absolute atomic E-state index is 0.00486. The van der Waals surface area contributed by atoms with Crippen molar-refractivity contribution < 1.29 is 19.2 Å². The van der Waals surface area contributed by atoms with Gasteiger partial charge < -0.3 is 19.3 Å². The molecule has 0 atom stereocenters. The Morgan fingerprint density at radius 3 is 2.53 bits per heavy atom. The van der Waals surface area contributed by atoms with Crippen molar-refractivity contribution in [3.05, 3.63) is 56.5 Å². The van der Waals surface area contributed by atoms with Gasteiger partial charge >= 0.3 is 0 Å². The maximum absolute atomic E-state index is 12.6. The number of carbonyl (C=O) groups is 1. The van der Waals surface area contributed by atoms with Crippen LogP contribution in [0.1, 0.15) is 17.3 Å². The number of benzene rings is 2. The zero-order chi connectivity index (χ0) is 23.3. The lowest BCUT2D eigenvalue weighted by atomic mass is 10.2. The number of amides is 1. The van der Waals surface area contributed by atoms with Crippen LogP contribution in [0.3, 0.4) is 0 Å². The minimum Gasteiger partial charge on any atom is -0.496 e. The smallest absolute Gasteiger partial charge is 0.296 e. The number of thiocarbonyl (C=S) groups is 1. The Labute approximate surface area is 199 Å². The molecule has 1 saturated heterocycles. The van der Waals surface area contributed by atoms with Crippen molar-refractivity contribution in [1.29, 1.82) is 0 Å². The Morgan fingerprint density at radius 2 is 1.94 bits per heavy atom. The predicted octanol–water partition coefficient (Wildman–Crippen LogP) is 3.60. The number of hydrogen-bond donors (Lipinski definition) is 1. The minimum atomic E-state index is -0.413. The monoisotopic (exact) mass is 522 g/mol. The standard InChI is InChI=1S/C21H23BrN4O5S/c1-3-31-19-7-4-14(12-16(19)22)20(27)23-21(32)25-10-8-24(9-11-25)17-6-5-15(30-2)13-18(17)26(28)29/h4-7,12-13H,3,8-11H2,1-2H3,(H,23,27,32). The molecule has 2 aromatic carbocycles. The molecule has 0 aliphatic carbocycles. The van der Waals surface area contributed by atoms with Gasteiger partial charge in [-0.2, -0.15) is 0 Å². The number of nitrogens with zero attached hydrogens (tertiary/aromatic N) is 3. The van der Waals surface area contributed by atoms with Crippen LogP contribution in [0.15, 0.2) is 40.9 Å². The molecule has 0 radical (unpaired) electrons. The summed E-state index contributed by atoms with van der Waals surface area (Å²) in [5.41, 5.74) is 0.981. The van der Waals surface area contributed by atoms with Gasteiger partial charge in [-0.1, -0.05) is 0 Å². The summed E-state index contributed by atoms with van der Waals surface area (Å²) in [5.74, 6) is 0.784. The molecule has 1 fully saturated rings. The largest absolute Gasteiger partial charge is 0.496 e. The Bertz CT molecular complexity index is 1030. The highest BCUT2D eigenvalue weighted by molar-refractivity contribution is 9.10. The van der Waals surface area contributed by atoms with Gasteiger partial charge in [-0.05, 0) is 65.4 Å². The summed E-state index contributed by atoms with van der Waals surface area (Å²) in [6.07, 6.45) is 0. The SMILES string of the molecule is CCOc1ccc(C(=O)NC(=S)N2CCN(c3ccc(OC)cc3[N+](=O)[O-])CC2)cc1Br. The maximum atomic E-state index is 12.6. The number of nitrogens with one attached hydrogen (secondary N) is 1. The van der Waals surface area contributed by atoms with Gasteiger partial charge in [-0.3, -0.25) is 20.2 Å². The second kappa shape index (κ2) is 10.6. The van der Waals surface area contributed by atoms with Crippen molar-refractivity contribution in [1.82, 2.24) is 10.2 Å². The van der Waals surface area contributed by atoms with Crippen LogP contribution >= 0.6 is 28.1 Å². The predicted molar refractivity (Wildman–Crippen MR) is 129 cm³/mol. The molecule has 3 rings (SSSR count). The zero-order valence-corrected chi connectivity index (χ0v) is 20.1. The number of nitro benzene ring substituents is 1. The van der Waals surface area contributed by atoms with E-state index >= 15 is 0 Å². The Balaban J connectivity index is 1.61. The average Bonchev–Trinajstić information content (AvgIpc) is 2.80. The van der Waals surface area contributed by atoms with E-state index in [0.717, 1.165) is 0 Å². The summed E-state index contributed by atoms with van der Waals surface area (Å²) in [7, 11) is 1.47. The number of ether oxygens (including phenoxy) is 2. The van der Waals surface area contributed by atoms with E-state index < -0.39 is 4.92 Å². The molecule has 1 aliphatic rings. The summed E-state index contributed by atoms with van der Waals surface area (Å²) >= 11 is 8.82. The van der Waals surface area contributed by atoms with Crippen LogP contribution in [0.4, 0.5) is 11.4 Å². The zero-order valence-electron chi connectivity index (χ0n) is 17.7. The first-order valence-electron chi connectivity index (χ1n) is 9.94. The third-order valence-electron chi connectivity index (χ3n) is 5.00. The summed E-state index contributed by atoms with van der Waals surface area (Å²) in [6, 6.07) is 9.90. The highest BCUT2D eigenvalue weighted by Gasteiger charge is 2.26. The second-order valence-corrected chi connectivity index (χ2v) is 8.16. The van der Waals surface area contributed by atoms with Crippen LogP contribution in [-0.2, 0) is 0 Å². The molecule has 0 aromatic heterocycles. The number of halogens is 1. The molecular weight excluding hydrogens is 500 g/mol. The Morgan fingerprint density at radius 1 is 1.22 bits per heavy atom. The molecule has 9 nitrogen and oxygen atoms in total. The number of methoxy groups -OCH3 is 1. The second-order valence-electron chi connectivity index (χ2n) is 6.92. The van der Waals surface area contributed by atoms with E-state index in [0.29, 0.717) is 65.1 Å². The average molecular weight is 523 g/mol. The summed E-state index contributed by atoms with van der Waals surface area (Å²) in [6.45, 7) is 4.51. The number of piperazine rings is 1. The third-order valence-corrected chi connectivity index (χ3v) is 5.98. The first-order valence-corrected chi connectivity index (χ1v) is 11.1. The van der Waals surface area contributed by atoms with Crippen molar-refractivity contribution in [2.75, 3.05) is 44.8 Å². The van der Waals surface area contributed by atoms with Crippen LogP contribution in [0.2, 0.25) is 0 Å². The van der Waals surface area contributed by atoms with Gasteiger partial charge in [-0.15, -0.1) is 0 Å². The molecule has 170 valence electrons. The van der Waals surface area contributed by atoms with Gasteiger partial charge in [0.15, 0.2) is 5.11 Å². The van der Waals surface area contributed by atoms with Gasteiger partial charge in [0.2, 0.25) is 0 Å². The molecule has 0 saturated carbocycles. The van der Waals surface area contributed by atoms with Gasteiger partial charge in [0.05, 0.1) is 29.2 Å². The molecule has 1 amide bonds. The van der Waals surface area contributed by atoms with Crippen LogP contribution in [0.25, 0.3) is 0 Å². The lowest BCUT2D eigenvalue weighted by Crippen LogP contribution is -2.52. The van der Waals surface area contributed by atoms with Gasteiger partial charge in [0, 0.05) is 31.7 Å². The molecule has 1 aliphatic heterocycles. The molecule has 11 heteroatoms. The third kappa shape index (κ3) is 5.46. The molecule has 1 heterocycles. The molecule has 2 aromatic rings. The fraction of sp³-hybridized carbons (Fsp3) is 0.333. The lowest BCUT2D eigenvalue weighted by molar-refractivity contribution is -0.384. The van der Waals surface area contributed by atoms with Crippen molar-refractivity contribution in [2.24, 2.45) is 0 Å². The molecule has 0 spiro atoms. The van der Waals surface area contributed by atoms with E-state index in [1.54, 1.807) is 30.3 Å². The maximum Gasteiger partial charge on any atom is 0.296 e. The van der Waals surface area contributed by atoms with E-state index in [2.05, 4.69) is 21.2 Å². The highest BCUT2D eigenvalue weighted by Crippen LogP contribution is 2.32. The quantitative estimate of drug-likeness (QED) is 0.349. The Kier molecular flexibility index (Phi) is 7.86. The summed E-state index contributed by atoms with van der Waals surface area (Å²) in [5, 5.41) is 14.6. The fourth-order valence-corrected chi connectivity index (χ4v) is 4.13. The van der Waals surface area contributed by atoms with E-state index in [4.69, 9.17) is 21.7 Å². The topological polar surface area (TPSA) is 97.2 Å². The number of rotatable bonds is 6.